The summed E-state index contributed by atoms with van der Waals surface area (Å²) in [6.45, 7) is 0. The number of amides is 2. The van der Waals surface area contributed by atoms with Crippen molar-refractivity contribution in [3.63, 3.8) is 0 Å². The zero-order chi connectivity index (χ0) is 30.8. The van der Waals surface area contributed by atoms with Gasteiger partial charge in [-0.25, -0.2) is 0 Å². The van der Waals surface area contributed by atoms with Crippen molar-refractivity contribution in [1.82, 2.24) is 9.13 Å². The van der Waals surface area contributed by atoms with Crippen LogP contribution >= 0.6 is 21.6 Å². The number of phenolic OH excluding ortho intramolecular Hbond substituents is 2. The van der Waals surface area contributed by atoms with Gasteiger partial charge in [0.2, 0.25) is 11.8 Å². The third kappa shape index (κ3) is 5.73. The molecule has 2 amide bonds. The molecule has 0 fully saturated rings. The Hall–Kier alpha value is -4.80. The van der Waals surface area contributed by atoms with E-state index in [0.29, 0.717) is 22.4 Å². The van der Waals surface area contributed by atoms with Crippen LogP contribution in [0.25, 0.3) is 21.8 Å². The van der Waals surface area contributed by atoms with Crippen molar-refractivity contribution >= 4 is 66.6 Å². The molecule has 0 spiro atoms. The molecule has 0 unspecified atom stereocenters. The topological polar surface area (TPSA) is 109 Å². The first kappa shape index (κ1) is 29.3. The largest absolute Gasteiger partial charge is 0.506 e. The van der Waals surface area contributed by atoms with Crippen molar-refractivity contribution < 1.29 is 19.8 Å². The zero-order valence-electron chi connectivity index (χ0n) is 24.1. The highest BCUT2D eigenvalue weighted by Crippen LogP contribution is 2.47. The van der Waals surface area contributed by atoms with Crippen molar-refractivity contribution in [1.29, 1.82) is 0 Å². The highest BCUT2D eigenvalue weighted by Gasteiger charge is 2.24. The van der Waals surface area contributed by atoms with Crippen LogP contribution in [-0.4, -0.2) is 31.2 Å². The Balaban J connectivity index is 1.36. The molecule has 6 rings (SSSR count). The van der Waals surface area contributed by atoms with Crippen LogP contribution in [0.3, 0.4) is 0 Å². The molecule has 0 aliphatic heterocycles. The van der Waals surface area contributed by atoms with Gasteiger partial charge in [0.1, 0.15) is 11.5 Å². The molecule has 44 heavy (non-hydrogen) atoms. The molecule has 0 aliphatic rings. The summed E-state index contributed by atoms with van der Waals surface area (Å²) in [4.78, 5) is 26.4. The lowest BCUT2D eigenvalue weighted by atomic mass is 10.1. The minimum absolute atomic E-state index is 0.0980. The molecule has 0 radical (unpaired) electrons. The Morgan fingerprint density at radius 3 is 1.36 bits per heavy atom. The number of aryl methyl sites for hydroxylation is 2. The van der Waals surface area contributed by atoms with Crippen LogP contribution in [-0.2, 0) is 36.5 Å². The number of para-hydroxylation sites is 4. The monoisotopic (exact) mass is 622 g/mol. The van der Waals surface area contributed by atoms with Gasteiger partial charge in [-0.05, 0) is 58.0 Å². The lowest BCUT2D eigenvalue weighted by Gasteiger charge is -2.11. The van der Waals surface area contributed by atoms with Crippen molar-refractivity contribution in [3.05, 3.63) is 108 Å². The standard InChI is InChI=1S/C34H30N4O4S2/c1-37-31-23(15-9-17-27(31)39)25(19-29(41)35-21-11-5-3-6-12-21)33(37)43-44-34-26(20-30(42)36-22-13-7-4-8-14-22)24-16-10-18-28(40)32(24)38(34)2/h3-18,39-40H,19-20H2,1-2H3,(H,35,41)(H,36,42). The van der Waals surface area contributed by atoms with E-state index in [4.69, 9.17) is 0 Å². The summed E-state index contributed by atoms with van der Waals surface area (Å²) in [7, 11) is 6.62. The number of nitrogens with zero attached hydrogens (tertiary/aromatic N) is 2. The van der Waals surface area contributed by atoms with E-state index in [1.807, 2.05) is 96.0 Å². The second-order valence-electron chi connectivity index (χ2n) is 10.4. The van der Waals surface area contributed by atoms with Crippen LogP contribution in [0.5, 0.6) is 11.5 Å². The predicted octanol–water partition coefficient (Wildman–Crippen LogP) is 7.24. The van der Waals surface area contributed by atoms with Crippen LogP contribution in [0.15, 0.2) is 107 Å². The Kier molecular flexibility index (Phi) is 8.28. The number of fused-ring (bicyclic) bond motifs is 2. The van der Waals surface area contributed by atoms with Gasteiger partial charge in [-0.1, -0.05) is 60.7 Å². The van der Waals surface area contributed by atoms with Gasteiger partial charge in [-0.3, -0.25) is 9.59 Å². The predicted molar refractivity (Wildman–Crippen MR) is 178 cm³/mol. The Morgan fingerprint density at radius 1 is 0.591 bits per heavy atom. The first-order chi connectivity index (χ1) is 21.3. The van der Waals surface area contributed by atoms with E-state index in [2.05, 4.69) is 10.6 Å². The highest BCUT2D eigenvalue weighted by atomic mass is 33.1. The quantitative estimate of drug-likeness (QED) is 0.127. The molecule has 2 heterocycles. The maximum absolute atomic E-state index is 13.2. The first-order valence-electron chi connectivity index (χ1n) is 13.9. The van der Waals surface area contributed by atoms with E-state index < -0.39 is 0 Å². The number of aromatic nitrogens is 2. The van der Waals surface area contributed by atoms with Gasteiger partial charge in [0, 0.05) is 47.4 Å². The SMILES string of the molecule is Cn1c(SSc2c(CC(=O)Nc3ccccc3)c3cccc(O)c3n2C)c(CC(=O)Nc2ccccc2)c2cccc(O)c21. The van der Waals surface area contributed by atoms with E-state index in [1.165, 1.54) is 21.6 Å². The molecule has 10 heteroatoms. The average Bonchev–Trinajstić information content (AvgIpc) is 3.43. The summed E-state index contributed by atoms with van der Waals surface area (Å²) in [5.74, 6) is -0.0999. The van der Waals surface area contributed by atoms with Crippen LogP contribution < -0.4 is 10.6 Å². The first-order valence-corrected chi connectivity index (χ1v) is 16.1. The highest BCUT2D eigenvalue weighted by molar-refractivity contribution is 8.76. The number of phenols is 2. The Bertz CT molecular complexity index is 1860. The van der Waals surface area contributed by atoms with E-state index in [-0.39, 0.29) is 36.2 Å². The normalized spacial score (nSPS) is 11.2. The van der Waals surface area contributed by atoms with E-state index in [9.17, 15) is 19.8 Å². The Labute approximate surface area is 262 Å². The lowest BCUT2D eigenvalue weighted by molar-refractivity contribution is -0.116. The second kappa shape index (κ2) is 12.4. The van der Waals surface area contributed by atoms with Crippen LogP contribution in [0.1, 0.15) is 11.1 Å². The van der Waals surface area contributed by atoms with Gasteiger partial charge in [-0.15, -0.1) is 0 Å². The average molecular weight is 623 g/mol. The molecular weight excluding hydrogens is 593 g/mol. The van der Waals surface area contributed by atoms with Gasteiger partial charge in [0.05, 0.1) is 33.9 Å². The van der Waals surface area contributed by atoms with Crippen molar-refractivity contribution in [2.75, 3.05) is 10.6 Å². The number of carbonyl (C=O) groups excluding carboxylic acids is 2. The molecule has 0 saturated heterocycles. The zero-order valence-corrected chi connectivity index (χ0v) is 25.7. The summed E-state index contributed by atoms with van der Waals surface area (Å²) in [6, 6.07) is 29.2. The molecule has 8 nitrogen and oxygen atoms in total. The van der Waals surface area contributed by atoms with Crippen LogP contribution in [0, 0.1) is 0 Å². The molecule has 6 aromatic rings. The van der Waals surface area contributed by atoms with E-state index in [0.717, 1.165) is 32.0 Å². The van der Waals surface area contributed by atoms with Gasteiger partial charge >= 0.3 is 0 Å². The maximum Gasteiger partial charge on any atom is 0.228 e. The molecule has 0 saturated carbocycles. The molecule has 4 N–H and O–H groups in total. The number of benzene rings is 4. The minimum Gasteiger partial charge on any atom is -0.506 e. The molecule has 0 atom stereocenters. The van der Waals surface area contributed by atoms with Crippen molar-refractivity contribution in [2.24, 2.45) is 14.1 Å². The maximum atomic E-state index is 13.2. The van der Waals surface area contributed by atoms with Gasteiger partial charge < -0.3 is 30.0 Å². The molecule has 2 aromatic heterocycles. The lowest BCUT2D eigenvalue weighted by Crippen LogP contribution is -2.15. The number of anilines is 2. The smallest absolute Gasteiger partial charge is 0.228 e. The second-order valence-corrected chi connectivity index (χ2v) is 12.5. The Morgan fingerprint density at radius 2 is 0.977 bits per heavy atom. The molecule has 0 bridgehead atoms. The number of rotatable bonds is 9. The molecule has 0 aliphatic carbocycles. The van der Waals surface area contributed by atoms with E-state index >= 15 is 0 Å². The van der Waals surface area contributed by atoms with Gasteiger partial charge in [-0.2, -0.15) is 0 Å². The van der Waals surface area contributed by atoms with E-state index in [1.54, 1.807) is 24.3 Å². The van der Waals surface area contributed by atoms with Crippen LogP contribution in [0.4, 0.5) is 11.4 Å². The molecule has 4 aromatic carbocycles. The molecular formula is C34H30N4O4S2. The van der Waals surface area contributed by atoms with Crippen molar-refractivity contribution in [2.45, 2.75) is 22.9 Å². The summed E-state index contributed by atoms with van der Waals surface area (Å²) < 4.78 is 3.80. The fourth-order valence-corrected chi connectivity index (χ4v) is 8.38. The fraction of sp³-hybridized carbons (Fsp3) is 0.118. The summed E-state index contributed by atoms with van der Waals surface area (Å²) in [5, 5.41) is 30.6. The van der Waals surface area contributed by atoms with Gasteiger partial charge in [0.15, 0.2) is 0 Å². The number of hydrogen-bond donors (Lipinski definition) is 4. The number of carbonyl (C=O) groups is 2. The van der Waals surface area contributed by atoms with Gasteiger partial charge in [0.25, 0.3) is 0 Å². The third-order valence-corrected chi connectivity index (χ3v) is 10.1. The number of nitrogens with one attached hydrogen (secondary N) is 2. The minimum atomic E-state index is -0.174. The number of aromatic hydroxyl groups is 2. The number of hydrogen-bond acceptors (Lipinski definition) is 6. The third-order valence-electron chi connectivity index (χ3n) is 7.47. The molecule has 222 valence electrons. The summed E-state index contributed by atoms with van der Waals surface area (Å²) in [5.41, 5.74) is 4.25. The summed E-state index contributed by atoms with van der Waals surface area (Å²) >= 11 is 0. The van der Waals surface area contributed by atoms with Crippen molar-refractivity contribution in [3.8, 4) is 11.5 Å². The fourth-order valence-electron chi connectivity index (χ4n) is 5.50. The summed E-state index contributed by atoms with van der Waals surface area (Å²) in [6.07, 6.45) is 0.196. The van der Waals surface area contributed by atoms with Crippen LogP contribution in [0.2, 0.25) is 0 Å².